The van der Waals surface area contributed by atoms with Crippen molar-refractivity contribution < 1.29 is 24.2 Å². The number of benzene rings is 3. The molecule has 1 fully saturated rings. The Hall–Kier alpha value is -3.17. The van der Waals surface area contributed by atoms with E-state index in [2.05, 4.69) is 28.4 Å². The van der Waals surface area contributed by atoms with Crippen molar-refractivity contribution in [2.75, 3.05) is 32.3 Å². The van der Waals surface area contributed by atoms with Crippen molar-refractivity contribution in [1.29, 1.82) is 0 Å². The number of rotatable bonds is 14. The van der Waals surface area contributed by atoms with Gasteiger partial charge in [0, 0.05) is 31.8 Å². The lowest BCUT2D eigenvalue weighted by Gasteiger charge is -2.24. The van der Waals surface area contributed by atoms with Gasteiger partial charge >= 0.3 is 5.97 Å². The summed E-state index contributed by atoms with van der Waals surface area (Å²) in [5.41, 5.74) is 5.49. The summed E-state index contributed by atoms with van der Waals surface area (Å²) in [5, 5.41) is 12.4. The van der Waals surface area contributed by atoms with Gasteiger partial charge in [-0.3, -0.25) is 9.69 Å². The van der Waals surface area contributed by atoms with Crippen LogP contribution in [-0.2, 0) is 27.4 Å². The van der Waals surface area contributed by atoms with Crippen LogP contribution in [0.25, 0.3) is 11.1 Å². The Morgan fingerprint density at radius 3 is 2.51 bits per heavy atom. The number of carbonyl (C=O) groups excluding carboxylic acids is 1. The number of carboxylic acid groups (broad SMARTS) is 1. The van der Waals surface area contributed by atoms with Crippen LogP contribution in [0, 0.1) is 6.92 Å². The van der Waals surface area contributed by atoms with E-state index < -0.39 is 12.0 Å². The molecule has 3 unspecified atom stereocenters. The van der Waals surface area contributed by atoms with Gasteiger partial charge in [0.1, 0.15) is 6.04 Å². The SMILES string of the molecule is COCC1CC(OCc2ccccc2)CN1Cc1ccc(C(=O)NC(CCSC)C(=O)O)c(-c2ccccc2C)c1. The summed E-state index contributed by atoms with van der Waals surface area (Å²) in [6, 6.07) is 23.3. The third kappa shape index (κ3) is 8.42. The van der Waals surface area contributed by atoms with Crippen LogP contribution >= 0.6 is 11.8 Å². The molecule has 1 amide bonds. The maximum Gasteiger partial charge on any atom is 0.326 e. The lowest BCUT2D eigenvalue weighted by atomic mass is 9.93. The fourth-order valence-electron chi connectivity index (χ4n) is 5.36. The molecule has 0 spiro atoms. The van der Waals surface area contributed by atoms with Crippen LogP contribution < -0.4 is 5.32 Å². The number of aliphatic carboxylic acids is 1. The number of hydrogen-bond acceptors (Lipinski definition) is 6. The first kappa shape index (κ1) is 30.8. The summed E-state index contributed by atoms with van der Waals surface area (Å²) in [7, 11) is 1.73. The summed E-state index contributed by atoms with van der Waals surface area (Å²) < 4.78 is 11.8. The number of amides is 1. The van der Waals surface area contributed by atoms with Crippen LogP contribution in [0.4, 0.5) is 0 Å². The molecule has 1 saturated heterocycles. The van der Waals surface area contributed by atoms with Gasteiger partial charge in [-0.25, -0.2) is 4.79 Å². The lowest BCUT2D eigenvalue weighted by molar-refractivity contribution is -0.139. The van der Waals surface area contributed by atoms with Crippen LogP contribution in [0.5, 0.6) is 0 Å². The number of aryl methyl sites for hydroxylation is 1. The number of ether oxygens (including phenoxy) is 2. The highest BCUT2D eigenvalue weighted by Gasteiger charge is 2.33. The van der Waals surface area contributed by atoms with E-state index in [1.54, 1.807) is 18.9 Å². The second-order valence-electron chi connectivity index (χ2n) is 10.5. The molecule has 3 aromatic rings. The van der Waals surface area contributed by atoms with Crippen LogP contribution in [0.2, 0.25) is 0 Å². The molecule has 0 aromatic heterocycles. The Morgan fingerprint density at radius 2 is 1.80 bits per heavy atom. The molecule has 1 aliphatic rings. The summed E-state index contributed by atoms with van der Waals surface area (Å²) in [5.74, 6) is -0.755. The third-order valence-electron chi connectivity index (χ3n) is 7.54. The third-order valence-corrected chi connectivity index (χ3v) is 8.18. The van der Waals surface area contributed by atoms with Crippen molar-refractivity contribution in [2.24, 2.45) is 0 Å². The molecule has 0 radical (unpaired) electrons. The Bertz CT molecular complexity index is 1300. The van der Waals surface area contributed by atoms with Crippen molar-refractivity contribution >= 4 is 23.6 Å². The lowest BCUT2D eigenvalue weighted by Crippen LogP contribution is -2.41. The number of carboxylic acids is 1. The first-order valence-electron chi connectivity index (χ1n) is 14.0. The Labute approximate surface area is 247 Å². The van der Waals surface area contributed by atoms with Gasteiger partial charge in [-0.1, -0.05) is 60.7 Å². The van der Waals surface area contributed by atoms with E-state index in [9.17, 15) is 14.7 Å². The van der Waals surface area contributed by atoms with E-state index in [1.807, 2.05) is 67.8 Å². The zero-order chi connectivity index (χ0) is 29.2. The second kappa shape index (κ2) is 15.2. The van der Waals surface area contributed by atoms with Gasteiger partial charge in [-0.2, -0.15) is 11.8 Å². The zero-order valence-electron chi connectivity index (χ0n) is 24.0. The molecule has 0 saturated carbocycles. The number of nitrogens with zero attached hydrogens (tertiary/aromatic N) is 1. The molecule has 0 aliphatic carbocycles. The van der Waals surface area contributed by atoms with Crippen LogP contribution in [0.15, 0.2) is 72.8 Å². The first-order chi connectivity index (χ1) is 19.9. The highest BCUT2D eigenvalue weighted by molar-refractivity contribution is 7.98. The van der Waals surface area contributed by atoms with Crippen molar-refractivity contribution in [3.63, 3.8) is 0 Å². The van der Waals surface area contributed by atoms with Crippen molar-refractivity contribution in [1.82, 2.24) is 10.2 Å². The summed E-state index contributed by atoms with van der Waals surface area (Å²) in [4.78, 5) is 27.6. The zero-order valence-corrected chi connectivity index (χ0v) is 24.9. The number of thioether (sulfide) groups is 1. The molecular weight excluding hydrogens is 536 g/mol. The minimum atomic E-state index is -1.02. The number of carbonyl (C=O) groups is 2. The summed E-state index contributed by atoms with van der Waals surface area (Å²) >= 11 is 1.56. The fourth-order valence-corrected chi connectivity index (χ4v) is 5.83. The summed E-state index contributed by atoms with van der Waals surface area (Å²) in [6.45, 7) is 4.69. The fraction of sp³-hybridized carbons (Fsp3) is 0.394. The van der Waals surface area contributed by atoms with E-state index in [4.69, 9.17) is 9.47 Å². The van der Waals surface area contributed by atoms with Gasteiger partial charge < -0.3 is 19.9 Å². The van der Waals surface area contributed by atoms with Gasteiger partial charge in [0.25, 0.3) is 5.91 Å². The normalized spacial score (nSPS) is 17.8. The van der Waals surface area contributed by atoms with E-state index in [1.165, 1.54) is 0 Å². The number of hydrogen-bond donors (Lipinski definition) is 2. The molecule has 218 valence electrons. The van der Waals surface area contributed by atoms with E-state index in [0.717, 1.165) is 40.8 Å². The van der Waals surface area contributed by atoms with Crippen LogP contribution in [-0.4, -0.2) is 72.3 Å². The number of nitrogens with one attached hydrogen (secondary N) is 1. The molecule has 0 bridgehead atoms. The topological polar surface area (TPSA) is 88.1 Å². The van der Waals surface area contributed by atoms with Gasteiger partial charge in [0.2, 0.25) is 0 Å². The maximum atomic E-state index is 13.4. The molecule has 2 N–H and O–H groups in total. The number of methoxy groups -OCH3 is 1. The summed E-state index contributed by atoms with van der Waals surface area (Å²) in [6.07, 6.45) is 3.28. The van der Waals surface area contributed by atoms with E-state index in [0.29, 0.717) is 37.5 Å². The molecule has 8 heteroatoms. The van der Waals surface area contributed by atoms with Crippen molar-refractivity contribution in [2.45, 2.75) is 51.1 Å². The quantitative estimate of drug-likeness (QED) is 0.266. The molecule has 4 rings (SSSR count). The average Bonchev–Trinajstić information content (AvgIpc) is 3.35. The average molecular weight is 577 g/mol. The van der Waals surface area contributed by atoms with E-state index >= 15 is 0 Å². The minimum Gasteiger partial charge on any atom is -0.480 e. The van der Waals surface area contributed by atoms with Crippen molar-refractivity contribution in [3.05, 3.63) is 95.1 Å². The molecule has 1 aliphatic heterocycles. The predicted molar refractivity (Wildman–Crippen MR) is 164 cm³/mol. The highest BCUT2D eigenvalue weighted by Crippen LogP contribution is 2.30. The predicted octanol–water partition coefficient (Wildman–Crippen LogP) is 5.40. The molecule has 41 heavy (non-hydrogen) atoms. The molecule has 1 heterocycles. The van der Waals surface area contributed by atoms with E-state index in [-0.39, 0.29) is 18.1 Å². The highest BCUT2D eigenvalue weighted by atomic mass is 32.2. The first-order valence-corrected chi connectivity index (χ1v) is 15.4. The minimum absolute atomic E-state index is 0.102. The second-order valence-corrected chi connectivity index (χ2v) is 11.5. The Balaban J connectivity index is 1.56. The van der Waals surface area contributed by atoms with Gasteiger partial charge in [0.05, 0.1) is 19.3 Å². The largest absolute Gasteiger partial charge is 0.480 e. The maximum absolute atomic E-state index is 13.4. The molecule has 3 atom stereocenters. The van der Waals surface area contributed by atoms with Crippen LogP contribution in [0.3, 0.4) is 0 Å². The van der Waals surface area contributed by atoms with Gasteiger partial charge in [-0.05, 0) is 71.7 Å². The van der Waals surface area contributed by atoms with Gasteiger partial charge in [-0.15, -0.1) is 0 Å². The number of likely N-dealkylation sites (tertiary alicyclic amines) is 1. The monoisotopic (exact) mass is 576 g/mol. The molecule has 7 nitrogen and oxygen atoms in total. The van der Waals surface area contributed by atoms with Crippen LogP contribution in [0.1, 0.15) is 39.9 Å². The Morgan fingerprint density at radius 1 is 1.05 bits per heavy atom. The standard InChI is InChI=1S/C33H40N2O5S/c1-23-9-7-8-12-28(23)30-17-25(13-14-29(30)32(36)34-31(33(37)38)15-16-41-3)19-35-20-27(18-26(35)22-39-2)40-21-24-10-5-4-6-11-24/h4-14,17,26-27,31H,15-16,18-22H2,1-3H3,(H,34,36)(H,37,38). The molecule has 3 aromatic carbocycles. The van der Waals surface area contributed by atoms with Crippen molar-refractivity contribution in [3.8, 4) is 11.1 Å². The molecular formula is C33H40N2O5S. The van der Waals surface area contributed by atoms with Gasteiger partial charge in [0.15, 0.2) is 0 Å². The Kier molecular flexibility index (Phi) is 11.4. The smallest absolute Gasteiger partial charge is 0.326 e.